The van der Waals surface area contributed by atoms with Gasteiger partial charge in [-0.25, -0.2) is 4.98 Å². The van der Waals surface area contributed by atoms with E-state index in [-0.39, 0.29) is 37.7 Å². The summed E-state index contributed by atoms with van der Waals surface area (Å²) in [6, 6.07) is 12.6. The molecular weight excluding hydrogens is 841 g/mol. The van der Waals surface area contributed by atoms with Gasteiger partial charge < -0.3 is 46.3 Å². The van der Waals surface area contributed by atoms with E-state index in [1.54, 1.807) is 36.8 Å². The zero-order chi connectivity index (χ0) is 47.0. The Morgan fingerprint density at radius 3 is 2.09 bits per heavy atom. The molecule has 1 aliphatic heterocycles. The number of esters is 1. The van der Waals surface area contributed by atoms with Gasteiger partial charge in [0.25, 0.3) is 0 Å². The Balaban J connectivity index is 1.59. The third-order valence-electron chi connectivity index (χ3n) is 11.4. The van der Waals surface area contributed by atoms with E-state index < -0.39 is 83.8 Å². The van der Waals surface area contributed by atoms with E-state index in [9.17, 15) is 38.7 Å². The van der Waals surface area contributed by atoms with Gasteiger partial charge in [-0.3, -0.25) is 33.6 Å². The first-order valence-corrected chi connectivity index (χ1v) is 22.3. The Kier molecular flexibility index (Phi) is 19.4. The van der Waals surface area contributed by atoms with Crippen molar-refractivity contribution in [3.8, 4) is 0 Å². The summed E-state index contributed by atoms with van der Waals surface area (Å²) in [5.74, 6) is -5.26. The van der Waals surface area contributed by atoms with Crippen LogP contribution in [0.4, 0.5) is 0 Å². The van der Waals surface area contributed by atoms with Crippen LogP contribution in [0, 0.1) is 11.8 Å². The highest BCUT2D eigenvalue weighted by Gasteiger charge is 2.38. The highest BCUT2D eigenvalue weighted by Crippen LogP contribution is 2.29. The van der Waals surface area contributed by atoms with Crippen LogP contribution >= 0.6 is 12.6 Å². The molecule has 1 aromatic heterocycles. The Bertz CT molecular complexity index is 2050. The number of benzene rings is 2. The maximum absolute atomic E-state index is 14.4. The maximum Gasteiger partial charge on any atom is 0.306 e. The molecule has 7 N–H and O–H groups in total. The lowest BCUT2D eigenvalue weighted by atomic mass is 9.89. The number of nitrogens with zero attached hydrogens (tertiary/aromatic N) is 3. The van der Waals surface area contributed by atoms with Gasteiger partial charge in [0.05, 0.1) is 19.4 Å². The van der Waals surface area contributed by atoms with Crippen molar-refractivity contribution in [3.63, 3.8) is 0 Å². The lowest BCUT2D eigenvalue weighted by molar-refractivity contribution is -0.146. The second-order valence-corrected chi connectivity index (χ2v) is 17.6. The molecule has 1 fully saturated rings. The molecular formula is C46H64N8O9S. The van der Waals surface area contributed by atoms with Gasteiger partial charge in [0.2, 0.25) is 35.4 Å². The number of aromatic nitrogens is 2. The largest absolute Gasteiger partial charge is 0.461 e. The molecule has 4 rings (SSSR count). The van der Waals surface area contributed by atoms with E-state index in [1.807, 2.05) is 61.7 Å². The van der Waals surface area contributed by atoms with Gasteiger partial charge in [0, 0.05) is 37.3 Å². The van der Waals surface area contributed by atoms with Crippen LogP contribution in [0.25, 0.3) is 0 Å². The van der Waals surface area contributed by atoms with E-state index in [0.717, 1.165) is 11.1 Å². The van der Waals surface area contributed by atoms with Crippen molar-refractivity contribution < 1.29 is 43.4 Å². The zero-order valence-corrected chi connectivity index (χ0v) is 38.2. The summed E-state index contributed by atoms with van der Waals surface area (Å²) in [4.78, 5) is 99.4. The van der Waals surface area contributed by atoms with Crippen molar-refractivity contribution in [2.45, 2.75) is 122 Å². The molecule has 18 heteroatoms. The number of nitrogens with two attached hydrogens (primary N) is 1. The Morgan fingerprint density at radius 2 is 1.50 bits per heavy atom. The monoisotopic (exact) mass is 904 g/mol. The van der Waals surface area contributed by atoms with Gasteiger partial charge in [-0.15, -0.1) is 0 Å². The number of primary amides is 1. The van der Waals surface area contributed by atoms with Crippen LogP contribution in [0.15, 0.2) is 73.2 Å². The van der Waals surface area contributed by atoms with Gasteiger partial charge in [0.15, 0.2) is 0 Å². The normalized spacial score (nSPS) is 16.9. The fourth-order valence-electron chi connectivity index (χ4n) is 8.00. The number of aliphatic hydroxyl groups is 1. The molecule has 0 saturated carbocycles. The molecule has 7 atom stereocenters. The second kappa shape index (κ2) is 24.4. The van der Waals surface area contributed by atoms with Gasteiger partial charge in [-0.2, -0.15) is 12.6 Å². The second-order valence-electron chi connectivity index (χ2n) is 17.2. The van der Waals surface area contributed by atoms with Gasteiger partial charge in [-0.05, 0) is 67.7 Å². The summed E-state index contributed by atoms with van der Waals surface area (Å²) < 4.78 is 7.28. The molecule has 7 unspecified atom stereocenters. The molecule has 17 nitrogen and oxygen atoms in total. The third kappa shape index (κ3) is 14.7. The number of thiol groups is 1. The first kappa shape index (κ1) is 50.9. The van der Waals surface area contributed by atoms with Crippen molar-refractivity contribution in [1.29, 1.82) is 0 Å². The summed E-state index contributed by atoms with van der Waals surface area (Å²) in [7, 11) is 0. The smallest absolute Gasteiger partial charge is 0.306 e. The summed E-state index contributed by atoms with van der Waals surface area (Å²) >= 11 is 4.55. The standard InChI is InChI=1S/C46H64N8O9S/c1-29(2)21-35(50-45(62)38-17-12-19-53(38)31(4)56)42(59)49-36(23-34-25-48-28-54(34)46(5,18-20-64)24-32-13-8-6-9-14-32)43(60)51-37(26-55)44(61)52-40(41(47)58)30(3)22-39(57)63-27-33-15-10-7-11-16-33/h6-11,13-16,25,28-30,35-38,40,55,64H,12,17-24,26-27H2,1-5H3,(H2,47,58)(H,49,59)(H,50,62)(H,51,60)(H,52,61). The van der Waals surface area contributed by atoms with E-state index in [4.69, 9.17) is 10.5 Å². The van der Waals surface area contributed by atoms with Crippen LogP contribution < -0.4 is 27.0 Å². The highest BCUT2D eigenvalue weighted by molar-refractivity contribution is 7.80. The van der Waals surface area contributed by atoms with Crippen molar-refractivity contribution in [3.05, 3.63) is 90.0 Å². The summed E-state index contributed by atoms with van der Waals surface area (Å²) in [6.07, 6.45) is 5.26. The Morgan fingerprint density at radius 1 is 0.891 bits per heavy atom. The molecule has 348 valence electrons. The van der Waals surface area contributed by atoms with Crippen LogP contribution in [0.1, 0.15) is 83.5 Å². The van der Waals surface area contributed by atoms with E-state index in [2.05, 4.69) is 38.9 Å². The molecule has 0 aliphatic carbocycles. The number of amides is 6. The molecule has 0 bridgehead atoms. The number of rotatable bonds is 24. The average Bonchev–Trinajstić information content (AvgIpc) is 3.95. The van der Waals surface area contributed by atoms with Crippen molar-refractivity contribution in [2.75, 3.05) is 18.9 Å². The zero-order valence-electron chi connectivity index (χ0n) is 37.3. The Hall–Kier alpha value is -5.75. The molecule has 6 amide bonds. The molecule has 0 spiro atoms. The lowest BCUT2D eigenvalue weighted by Crippen LogP contribution is -2.60. The number of hydrogen-bond donors (Lipinski definition) is 7. The number of imidazole rings is 1. The molecule has 1 aliphatic rings. The minimum Gasteiger partial charge on any atom is -0.461 e. The maximum atomic E-state index is 14.4. The van der Waals surface area contributed by atoms with Crippen LogP contribution in [-0.4, -0.2) is 110 Å². The average molecular weight is 905 g/mol. The quantitative estimate of drug-likeness (QED) is 0.0509. The van der Waals surface area contributed by atoms with Gasteiger partial charge >= 0.3 is 5.97 Å². The predicted molar refractivity (Wildman–Crippen MR) is 242 cm³/mol. The fourth-order valence-corrected chi connectivity index (χ4v) is 8.48. The number of likely N-dealkylation sites (tertiary alicyclic amines) is 1. The number of hydrogen-bond acceptors (Lipinski definition) is 11. The molecule has 0 radical (unpaired) electrons. The minimum atomic E-state index is -1.63. The number of carbonyl (C=O) groups excluding carboxylic acids is 7. The molecule has 2 heterocycles. The van der Waals surface area contributed by atoms with E-state index in [0.29, 0.717) is 43.7 Å². The third-order valence-corrected chi connectivity index (χ3v) is 11.7. The van der Waals surface area contributed by atoms with Crippen LogP contribution in [0.5, 0.6) is 0 Å². The van der Waals surface area contributed by atoms with Crippen molar-refractivity contribution >= 4 is 54.0 Å². The molecule has 1 saturated heterocycles. The summed E-state index contributed by atoms with van der Waals surface area (Å²) in [5.41, 5.74) is 7.44. The molecule has 3 aromatic rings. The summed E-state index contributed by atoms with van der Waals surface area (Å²) in [6.45, 7) is 8.21. The van der Waals surface area contributed by atoms with Gasteiger partial charge in [-0.1, -0.05) is 81.4 Å². The van der Waals surface area contributed by atoms with E-state index >= 15 is 0 Å². The fraction of sp³-hybridized carbons (Fsp3) is 0.522. The van der Waals surface area contributed by atoms with Crippen molar-refractivity contribution in [1.82, 2.24) is 35.7 Å². The first-order valence-electron chi connectivity index (χ1n) is 21.7. The van der Waals surface area contributed by atoms with Crippen molar-refractivity contribution in [2.24, 2.45) is 17.6 Å². The molecule has 64 heavy (non-hydrogen) atoms. The topological polar surface area (TPSA) is 244 Å². The Labute approximate surface area is 380 Å². The first-order chi connectivity index (χ1) is 30.5. The highest BCUT2D eigenvalue weighted by atomic mass is 32.1. The number of ether oxygens (including phenoxy) is 1. The number of aliphatic hydroxyl groups excluding tert-OH is 1. The van der Waals surface area contributed by atoms with Crippen LogP contribution in [-0.2, 0) is 63.3 Å². The number of carbonyl (C=O) groups is 7. The van der Waals surface area contributed by atoms with Gasteiger partial charge in [0.1, 0.15) is 36.8 Å². The van der Waals surface area contributed by atoms with E-state index in [1.165, 1.54) is 18.7 Å². The minimum absolute atomic E-state index is 0.00212. The predicted octanol–water partition coefficient (Wildman–Crippen LogP) is 1.95. The van der Waals surface area contributed by atoms with Crippen LogP contribution in [0.2, 0.25) is 0 Å². The number of nitrogens with one attached hydrogen (secondary N) is 4. The SMILES string of the molecule is CC(=O)N1CCCC1C(=O)NC(CC(C)C)C(=O)NC(Cc1cncn1C(C)(CCS)Cc1ccccc1)C(=O)NC(CO)C(=O)NC(C(N)=O)C(C)CC(=O)OCc1ccccc1. The summed E-state index contributed by atoms with van der Waals surface area (Å²) in [5, 5.41) is 21.0. The lowest BCUT2D eigenvalue weighted by Gasteiger charge is -2.34. The molecule has 2 aromatic carbocycles. The van der Waals surface area contributed by atoms with Crippen LogP contribution in [0.3, 0.4) is 0 Å².